The Balaban J connectivity index is 1.58. The molecular weight excluding hydrogens is 262 g/mol. The Morgan fingerprint density at radius 3 is 2.84 bits per heavy atom. The first-order chi connectivity index (χ1) is 9.24. The molecule has 1 aromatic carbocycles. The molecule has 1 saturated heterocycles. The van der Waals surface area contributed by atoms with Crippen molar-refractivity contribution in [2.75, 3.05) is 30.5 Å². The zero-order valence-electron chi connectivity index (χ0n) is 11.0. The molecule has 0 aliphatic carbocycles. The Morgan fingerprint density at radius 2 is 2.16 bits per heavy atom. The van der Waals surface area contributed by atoms with Crippen LogP contribution in [0.1, 0.15) is 19.3 Å². The maximum absolute atomic E-state index is 11.8. The summed E-state index contributed by atoms with van der Waals surface area (Å²) in [7, 11) is -0.796. The Bertz CT molecular complexity index is 402. The van der Waals surface area contributed by atoms with Gasteiger partial charge in [0.2, 0.25) is 0 Å². The van der Waals surface area contributed by atoms with Gasteiger partial charge in [0.05, 0.1) is 12.7 Å². The minimum atomic E-state index is -0.796. The molecule has 2 N–H and O–H groups in total. The van der Waals surface area contributed by atoms with Crippen LogP contribution in [-0.2, 0) is 15.5 Å². The van der Waals surface area contributed by atoms with Crippen molar-refractivity contribution in [1.29, 1.82) is 0 Å². The maximum atomic E-state index is 11.8. The first-order valence-electron chi connectivity index (χ1n) is 6.69. The van der Waals surface area contributed by atoms with Crippen LogP contribution in [0, 0.1) is 0 Å². The van der Waals surface area contributed by atoms with Gasteiger partial charge in [-0.2, -0.15) is 0 Å². The molecule has 19 heavy (non-hydrogen) atoms. The second-order valence-electron chi connectivity index (χ2n) is 4.72. The van der Waals surface area contributed by atoms with E-state index in [9.17, 15) is 4.21 Å². The predicted octanol–water partition coefficient (Wildman–Crippen LogP) is 1.97. The Labute approximate surface area is 116 Å². The third kappa shape index (κ3) is 5.20. The van der Waals surface area contributed by atoms with E-state index in [2.05, 4.69) is 0 Å². The van der Waals surface area contributed by atoms with E-state index >= 15 is 0 Å². The van der Waals surface area contributed by atoms with E-state index in [1.807, 2.05) is 24.3 Å². The van der Waals surface area contributed by atoms with Gasteiger partial charge in [-0.15, -0.1) is 0 Å². The predicted molar refractivity (Wildman–Crippen MR) is 77.8 cm³/mol. The number of anilines is 1. The zero-order valence-corrected chi connectivity index (χ0v) is 11.9. The number of ether oxygens (including phenoxy) is 2. The number of hydrogen-bond acceptors (Lipinski definition) is 4. The number of hydrogen-bond donors (Lipinski definition) is 1. The first kappa shape index (κ1) is 14.3. The SMILES string of the molecule is Nc1ccc(OCCCS(=O)CC2CCCO2)cc1. The van der Waals surface area contributed by atoms with Gasteiger partial charge >= 0.3 is 0 Å². The summed E-state index contributed by atoms with van der Waals surface area (Å²) < 4.78 is 22.8. The van der Waals surface area contributed by atoms with Gasteiger partial charge < -0.3 is 15.2 Å². The lowest BCUT2D eigenvalue weighted by atomic mass is 10.3. The molecule has 4 nitrogen and oxygen atoms in total. The highest BCUT2D eigenvalue weighted by molar-refractivity contribution is 7.85. The lowest BCUT2D eigenvalue weighted by molar-refractivity contribution is 0.128. The van der Waals surface area contributed by atoms with Crippen LogP contribution in [0.25, 0.3) is 0 Å². The number of benzene rings is 1. The van der Waals surface area contributed by atoms with Crippen molar-refractivity contribution in [1.82, 2.24) is 0 Å². The van der Waals surface area contributed by atoms with Gasteiger partial charge in [-0.25, -0.2) is 0 Å². The fourth-order valence-electron chi connectivity index (χ4n) is 2.04. The molecule has 1 aliphatic rings. The third-order valence-corrected chi connectivity index (χ3v) is 4.55. The van der Waals surface area contributed by atoms with Crippen molar-refractivity contribution in [3.05, 3.63) is 24.3 Å². The minimum absolute atomic E-state index is 0.207. The summed E-state index contributed by atoms with van der Waals surface area (Å²) in [6.07, 6.45) is 3.15. The average molecular weight is 283 g/mol. The minimum Gasteiger partial charge on any atom is -0.494 e. The molecule has 2 unspecified atom stereocenters. The Morgan fingerprint density at radius 1 is 1.37 bits per heavy atom. The lowest BCUT2D eigenvalue weighted by Gasteiger charge is -2.09. The molecule has 1 aromatic rings. The highest BCUT2D eigenvalue weighted by atomic mass is 32.2. The summed E-state index contributed by atoms with van der Waals surface area (Å²) >= 11 is 0. The quantitative estimate of drug-likeness (QED) is 0.614. The second-order valence-corrected chi connectivity index (χ2v) is 6.34. The highest BCUT2D eigenvalue weighted by Crippen LogP contribution is 2.14. The lowest BCUT2D eigenvalue weighted by Crippen LogP contribution is -2.18. The van der Waals surface area contributed by atoms with E-state index in [-0.39, 0.29) is 6.10 Å². The van der Waals surface area contributed by atoms with Gasteiger partial charge in [0.25, 0.3) is 0 Å². The van der Waals surface area contributed by atoms with Crippen LogP contribution in [0.5, 0.6) is 5.75 Å². The first-order valence-corrected chi connectivity index (χ1v) is 8.18. The van der Waals surface area contributed by atoms with E-state index in [4.69, 9.17) is 15.2 Å². The molecule has 5 heteroatoms. The van der Waals surface area contributed by atoms with Gasteiger partial charge in [-0.3, -0.25) is 4.21 Å². The van der Waals surface area contributed by atoms with Crippen LogP contribution in [-0.4, -0.2) is 35.0 Å². The van der Waals surface area contributed by atoms with E-state index in [0.717, 1.165) is 37.3 Å². The Hall–Kier alpha value is -1.07. The van der Waals surface area contributed by atoms with Gasteiger partial charge in [0, 0.05) is 34.6 Å². The fourth-order valence-corrected chi connectivity index (χ4v) is 3.32. The molecule has 106 valence electrons. The molecule has 0 radical (unpaired) electrons. The van der Waals surface area contributed by atoms with Crippen molar-refractivity contribution in [3.63, 3.8) is 0 Å². The van der Waals surface area contributed by atoms with Crippen LogP contribution in [0.15, 0.2) is 24.3 Å². The van der Waals surface area contributed by atoms with E-state index in [0.29, 0.717) is 18.1 Å². The molecule has 0 aromatic heterocycles. The van der Waals surface area contributed by atoms with Crippen LogP contribution in [0.4, 0.5) is 5.69 Å². The normalized spacial score (nSPS) is 20.3. The third-order valence-electron chi connectivity index (χ3n) is 3.06. The van der Waals surface area contributed by atoms with Crippen molar-refractivity contribution >= 4 is 16.5 Å². The van der Waals surface area contributed by atoms with E-state index < -0.39 is 10.8 Å². The summed E-state index contributed by atoms with van der Waals surface area (Å²) in [5, 5.41) is 0. The summed E-state index contributed by atoms with van der Waals surface area (Å²) in [6.45, 7) is 1.41. The largest absolute Gasteiger partial charge is 0.494 e. The highest BCUT2D eigenvalue weighted by Gasteiger charge is 2.17. The van der Waals surface area contributed by atoms with Crippen molar-refractivity contribution in [3.8, 4) is 5.75 Å². The number of nitrogens with two attached hydrogens (primary N) is 1. The Kier molecular flexibility index (Phi) is 5.66. The molecule has 0 bridgehead atoms. The van der Waals surface area contributed by atoms with Crippen LogP contribution < -0.4 is 10.5 Å². The fraction of sp³-hybridized carbons (Fsp3) is 0.571. The van der Waals surface area contributed by atoms with Gasteiger partial charge in [-0.05, 0) is 43.5 Å². The smallest absolute Gasteiger partial charge is 0.119 e. The molecule has 0 spiro atoms. The summed E-state index contributed by atoms with van der Waals surface area (Å²) in [5.41, 5.74) is 6.32. The van der Waals surface area contributed by atoms with Crippen molar-refractivity contribution < 1.29 is 13.7 Å². The van der Waals surface area contributed by atoms with Crippen molar-refractivity contribution in [2.24, 2.45) is 0 Å². The summed E-state index contributed by atoms with van der Waals surface area (Å²) in [4.78, 5) is 0. The molecule has 0 amide bonds. The van der Waals surface area contributed by atoms with Gasteiger partial charge in [0.15, 0.2) is 0 Å². The molecule has 1 aliphatic heterocycles. The molecule has 1 heterocycles. The van der Waals surface area contributed by atoms with Crippen molar-refractivity contribution in [2.45, 2.75) is 25.4 Å². The van der Waals surface area contributed by atoms with Gasteiger partial charge in [-0.1, -0.05) is 0 Å². The van der Waals surface area contributed by atoms with E-state index in [1.54, 1.807) is 0 Å². The van der Waals surface area contributed by atoms with Crippen LogP contribution >= 0.6 is 0 Å². The molecule has 2 rings (SSSR count). The average Bonchev–Trinajstić information content (AvgIpc) is 2.89. The monoisotopic (exact) mass is 283 g/mol. The number of rotatable bonds is 7. The summed E-state index contributed by atoms with van der Waals surface area (Å²) in [6, 6.07) is 7.31. The molecule has 1 fully saturated rings. The van der Waals surface area contributed by atoms with Gasteiger partial charge in [0.1, 0.15) is 5.75 Å². The van der Waals surface area contributed by atoms with E-state index in [1.165, 1.54) is 0 Å². The van der Waals surface area contributed by atoms with Crippen LogP contribution in [0.3, 0.4) is 0 Å². The summed E-state index contributed by atoms with van der Waals surface area (Å²) in [5.74, 6) is 2.15. The molecule has 2 atom stereocenters. The maximum Gasteiger partial charge on any atom is 0.119 e. The van der Waals surface area contributed by atoms with Crippen LogP contribution in [0.2, 0.25) is 0 Å². The zero-order chi connectivity index (χ0) is 13.5. The molecular formula is C14H21NO3S. The second kappa shape index (κ2) is 7.50. The number of nitrogen functional groups attached to an aromatic ring is 1. The molecule has 0 saturated carbocycles. The standard InChI is InChI=1S/C14H21NO3S/c15-12-4-6-13(7-5-12)17-9-2-10-19(16)11-14-3-1-8-18-14/h4-7,14H,1-3,8-11,15H2. The topological polar surface area (TPSA) is 61.5 Å².